The van der Waals surface area contributed by atoms with Crippen molar-refractivity contribution in [3.05, 3.63) is 94.1 Å². The van der Waals surface area contributed by atoms with Crippen LogP contribution in [-0.2, 0) is 4.79 Å². The number of amides is 1. The average molecular weight is 463 g/mol. The number of aliphatic imine (C=N–C) groups is 1. The second kappa shape index (κ2) is 8.55. The van der Waals surface area contributed by atoms with Crippen LogP contribution in [0, 0.1) is 0 Å². The highest BCUT2D eigenvalue weighted by atomic mass is 79.9. The van der Waals surface area contributed by atoms with Crippen LogP contribution in [0.5, 0.6) is 11.5 Å². The number of methoxy groups -OCH3 is 2. The molecule has 4 rings (SSSR count). The predicted octanol–water partition coefficient (Wildman–Crippen LogP) is 5.30. The highest BCUT2D eigenvalue weighted by Gasteiger charge is 2.32. The van der Waals surface area contributed by atoms with Crippen LogP contribution in [0.3, 0.4) is 0 Å². The summed E-state index contributed by atoms with van der Waals surface area (Å²) >= 11 is 3.47. The standard InChI is InChI=1S/C24H19BrN2O3/c1-29-20-10-6-17(7-11-20)23-26-22(15-16-4-3-5-18(25)14-16)24(28)27(23)19-8-12-21(30-2)13-9-19/h3-15H,1-2H3/b22-15+. The van der Waals surface area contributed by atoms with Crippen LogP contribution < -0.4 is 14.4 Å². The van der Waals surface area contributed by atoms with Crippen molar-refractivity contribution < 1.29 is 14.3 Å². The molecule has 0 aromatic heterocycles. The molecule has 0 radical (unpaired) electrons. The van der Waals surface area contributed by atoms with E-state index in [2.05, 4.69) is 20.9 Å². The molecule has 6 heteroatoms. The minimum Gasteiger partial charge on any atom is -0.497 e. The van der Waals surface area contributed by atoms with Gasteiger partial charge in [0, 0.05) is 10.0 Å². The molecule has 150 valence electrons. The third-order valence-electron chi connectivity index (χ3n) is 4.69. The van der Waals surface area contributed by atoms with Crippen molar-refractivity contribution in [2.75, 3.05) is 19.1 Å². The second-order valence-corrected chi connectivity index (χ2v) is 7.50. The fourth-order valence-electron chi connectivity index (χ4n) is 3.18. The third-order valence-corrected chi connectivity index (χ3v) is 5.18. The van der Waals surface area contributed by atoms with E-state index in [0.29, 0.717) is 17.2 Å². The number of benzene rings is 3. The van der Waals surface area contributed by atoms with Crippen molar-refractivity contribution in [2.24, 2.45) is 4.99 Å². The Hall–Kier alpha value is -3.38. The molecule has 0 unspecified atom stereocenters. The van der Waals surface area contributed by atoms with Crippen molar-refractivity contribution in [3.63, 3.8) is 0 Å². The van der Waals surface area contributed by atoms with Crippen LogP contribution in [-0.4, -0.2) is 26.0 Å². The van der Waals surface area contributed by atoms with Gasteiger partial charge in [0.2, 0.25) is 0 Å². The lowest BCUT2D eigenvalue weighted by Gasteiger charge is -2.19. The van der Waals surface area contributed by atoms with E-state index >= 15 is 0 Å². The summed E-state index contributed by atoms with van der Waals surface area (Å²) in [5.74, 6) is 1.84. The number of halogens is 1. The molecule has 1 aliphatic rings. The lowest BCUT2D eigenvalue weighted by Crippen LogP contribution is -2.32. The summed E-state index contributed by atoms with van der Waals surface area (Å²) < 4.78 is 11.4. The van der Waals surface area contributed by atoms with Gasteiger partial charge in [0.1, 0.15) is 23.0 Å². The summed E-state index contributed by atoms with van der Waals surface area (Å²) in [6.45, 7) is 0. The van der Waals surface area contributed by atoms with Gasteiger partial charge in [0.05, 0.1) is 19.9 Å². The maximum Gasteiger partial charge on any atom is 0.282 e. The van der Waals surface area contributed by atoms with Crippen LogP contribution >= 0.6 is 15.9 Å². The molecule has 1 amide bonds. The Bertz CT molecular complexity index is 1140. The number of carbonyl (C=O) groups excluding carboxylic acids is 1. The van der Waals surface area contributed by atoms with E-state index < -0.39 is 0 Å². The van der Waals surface area contributed by atoms with E-state index in [9.17, 15) is 4.79 Å². The molecule has 3 aromatic carbocycles. The molecule has 0 fully saturated rings. The number of ether oxygens (including phenoxy) is 2. The van der Waals surface area contributed by atoms with E-state index in [1.54, 1.807) is 25.2 Å². The molecular weight excluding hydrogens is 444 g/mol. The molecule has 0 saturated heterocycles. The van der Waals surface area contributed by atoms with Crippen LogP contribution in [0.25, 0.3) is 6.08 Å². The number of carbonyl (C=O) groups is 1. The fourth-order valence-corrected chi connectivity index (χ4v) is 3.59. The molecule has 3 aromatic rings. The van der Waals surface area contributed by atoms with Crippen molar-refractivity contribution in [1.29, 1.82) is 0 Å². The molecular formula is C24H19BrN2O3. The summed E-state index contributed by atoms with van der Waals surface area (Å²) in [5, 5.41) is 0. The molecule has 0 atom stereocenters. The predicted molar refractivity (Wildman–Crippen MR) is 122 cm³/mol. The summed E-state index contributed by atoms with van der Waals surface area (Å²) in [4.78, 5) is 19.6. The third kappa shape index (κ3) is 4.00. The van der Waals surface area contributed by atoms with Gasteiger partial charge in [-0.1, -0.05) is 28.1 Å². The average Bonchev–Trinajstić information content (AvgIpc) is 3.10. The number of hydrogen-bond acceptors (Lipinski definition) is 4. The van der Waals surface area contributed by atoms with Gasteiger partial charge in [-0.05, 0) is 72.3 Å². The summed E-state index contributed by atoms with van der Waals surface area (Å²) in [6, 6.07) is 22.6. The second-order valence-electron chi connectivity index (χ2n) is 6.59. The summed E-state index contributed by atoms with van der Waals surface area (Å²) in [5.41, 5.74) is 2.79. The molecule has 5 nitrogen and oxygen atoms in total. The van der Waals surface area contributed by atoms with E-state index in [1.807, 2.05) is 72.8 Å². The quantitative estimate of drug-likeness (QED) is 0.483. The van der Waals surface area contributed by atoms with Crippen LogP contribution in [0.1, 0.15) is 11.1 Å². The first kappa shape index (κ1) is 19.9. The first-order valence-corrected chi connectivity index (χ1v) is 10.1. The maximum atomic E-state index is 13.3. The van der Waals surface area contributed by atoms with Crippen molar-refractivity contribution in [2.45, 2.75) is 0 Å². The van der Waals surface area contributed by atoms with Gasteiger partial charge < -0.3 is 9.47 Å². The zero-order valence-electron chi connectivity index (χ0n) is 16.5. The molecule has 1 aliphatic heterocycles. The summed E-state index contributed by atoms with van der Waals surface area (Å²) in [7, 11) is 3.23. The van der Waals surface area contributed by atoms with Gasteiger partial charge in [0.15, 0.2) is 0 Å². The smallest absolute Gasteiger partial charge is 0.282 e. The number of anilines is 1. The Morgan fingerprint density at radius 3 is 2.13 bits per heavy atom. The van der Waals surface area contributed by atoms with E-state index in [1.165, 1.54) is 0 Å². The summed E-state index contributed by atoms with van der Waals surface area (Å²) in [6.07, 6.45) is 1.79. The highest BCUT2D eigenvalue weighted by molar-refractivity contribution is 9.10. The van der Waals surface area contributed by atoms with Crippen LogP contribution in [0.15, 0.2) is 88.0 Å². The van der Waals surface area contributed by atoms with E-state index in [0.717, 1.165) is 27.1 Å². The topological polar surface area (TPSA) is 51.1 Å². The van der Waals surface area contributed by atoms with Gasteiger partial charge in [-0.2, -0.15) is 0 Å². The zero-order chi connectivity index (χ0) is 21.1. The number of rotatable bonds is 5. The van der Waals surface area contributed by atoms with E-state index in [-0.39, 0.29) is 5.91 Å². The highest BCUT2D eigenvalue weighted by Crippen LogP contribution is 2.30. The first-order chi connectivity index (χ1) is 14.6. The SMILES string of the molecule is COc1ccc(C2=N/C(=C/c3cccc(Br)c3)C(=O)N2c2ccc(OC)cc2)cc1. The monoisotopic (exact) mass is 462 g/mol. The lowest BCUT2D eigenvalue weighted by molar-refractivity contribution is -0.113. The molecule has 0 N–H and O–H groups in total. The largest absolute Gasteiger partial charge is 0.497 e. The fraction of sp³-hybridized carbons (Fsp3) is 0.0833. The van der Waals surface area contributed by atoms with Gasteiger partial charge in [0.25, 0.3) is 5.91 Å². The Balaban J connectivity index is 1.79. The zero-order valence-corrected chi connectivity index (χ0v) is 18.1. The molecule has 0 bridgehead atoms. The van der Waals surface area contributed by atoms with Crippen molar-refractivity contribution in [3.8, 4) is 11.5 Å². The first-order valence-electron chi connectivity index (χ1n) is 9.28. The Labute approximate surface area is 183 Å². The van der Waals surface area contributed by atoms with Crippen molar-refractivity contribution in [1.82, 2.24) is 0 Å². The molecule has 0 aliphatic carbocycles. The van der Waals surface area contributed by atoms with Crippen LogP contribution in [0.2, 0.25) is 0 Å². The maximum absolute atomic E-state index is 13.3. The minimum absolute atomic E-state index is 0.189. The van der Waals surface area contributed by atoms with E-state index in [4.69, 9.17) is 9.47 Å². The number of nitrogens with zero attached hydrogens (tertiary/aromatic N) is 2. The Kier molecular flexibility index (Phi) is 5.68. The van der Waals surface area contributed by atoms with Gasteiger partial charge >= 0.3 is 0 Å². The molecule has 30 heavy (non-hydrogen) atoms. The van der Waals surface area contributed by atoms with Gasteiger partial charge in [-0.3, -0.25) is 9.69 Å². The van der Waals surface area contributed by atoms with Gasteiger partial charge in [-0.15, -0.1) is 0 Å². The Morgan fingerprint density at radius 1 is 0.900 bits per heavy atom. The molecule has 0 saturated carbocycles. The lowest BCUT2D eigenvalue weighted by atomic mass is 10.1. The number of amidine groups is 1. The minimum atomic E-state index is -0.189. The van der Waals surface area contributed by atoms with Gasteiger partial charge in [-0.25, -0.2) is 4.99 Å². The Morgan fingerprint density at radius 2 is 1.53 bits per heavy atom. The molecule has 1 heterocycles. The molecule has 0 spiro atoms. The normalized spacial score (nSPS) is 14.8. The van der Waals surface area contributed by atoms with Crippen molar-refractivity contribution >= 4 is 39.4 Å². The number of hydrogen-bond donors (Lipinski definition) is 0. The van der Waals surface area contributed by atoms with Crippen LogP contribution in [0.4, 0.5) is 5.69 Å².